The quantitative estimate of drug-likeness (QED) is 0.0305. The van der Waals surface area contributed by atoms with E-state index in [0.29, 0.717) is 44.5 Å². The van der Waals surface area contributed by atoms with E-state index in [1.165, 1.54) is 45.1 Å². The van der Waals surface area contributed by atoms with Crippen LogP contribution in [0.2, 0.25) is 0 Å². The highest BCUT2D eigenvalue weighted by molar-refractivity contribution is 5.72. The Morgan fingerprint density at radius 1 is 0.597 bits per heavy atom. The Morgan fingerprint density at radius 2 is 1.07 bits per heavy atom. The highest BCUT2D eigenvalue weighted by Crippen LogP contribution is 2.69. The molecule has 14 nitrogen and oxygen atoms in total. The molecule has 2 N–H and O–H groups in total. The first kappa shape index (κ1) is 60.2. The van der Waals surface area contributed by atoms with Gasteiger partial charge >= 0.3 is 23.9 Å². The van der Waals surface area contributed by atoms with Gasteiger partial charge in [-0.15, -0.1) is 0 Å². The average Bonchev–Trinajstić information content (AvgIpc) is 3.70. The normalized spacial score (nSPS) is 19.9. The van der Waals surface area contributed by atoms with E-state index in [9.17, 15) is 19.2 Å². The van der Waals surface area contributed by atoms with E-state index in [0.717, 1.165) is 101 Å². The molecular weight excluding hydrogens is 921 g/mol. The monoisotopic (exact) mass is 1010 g/mol. The third-order valence-corrected chi connectivity index (χ3v) is 14.1. The van der Waals surface area contributed by atoms with Gasteiger partial charge in [0.25, 0.3) is 5.79 Å². The lowest BCUT2D eigenvalue weighted by Gasteiger charge is -2.61. The maximum Gasteiger partial charge on any atom is 0.308 e. The summed E-state index contributed by atoms with van der Waals surface area (Å²) in [6, 6.07) is 14.8. The number of hydrogen-bond acceptors (Lipinski definition) is 12. The number of ether oxygens (including phenoxy) is 6. The van der Waals surface area contributed by atoms with Crippen LogP contribution < -0.4 is 9.47 Å². The molecule has 14 heteroatoms. The predicted molar refractivity (Wildman–Crippen MR) is 276 cm³/mol. The van der Waals surface area contributed by atoms with E-state index in [-0.39, 0.29) is 41.0 Å². The molecule has 0 aliphatic carbocycles. The van der Waals surface area contributed by atoms with Gasteiger partial charge in [-0.3, -0.25) is 19.2 Å². The molecular formula is C58H88O14. The van der Waals surface area contributed by atoms with Crippen LogP contribution in [0.3, 0.4) is 0 Å². The van der Waals surface area contributed by atoms with Crippen molar-refractivity contribution in [2.24, 2.45) is 21.7 Å². The molecule has 0 amide bonds. The summed E-state index contributed by atoms with van der Waals surface area (Å²) in [6.45, 7) is 23.7. The van der Waals surface area contributed by atoms with Crippen LogP contribution in [-0.4, -0.2) is 79.3 Å². The van der Waals surface area contributed by atoms with E-state index in [1.54, 1.807) is 18.2 Å². The number of carbonyl (C=O) groups is 4. The number of unbranched alkanes of at least 4 members (excludes halogenated alkanes) is 14. The van der Waals surface area contributed by atoms with Crippen LogP contribution >= 0.6 is 0 Å². The molecule has 2 atom stereocenters. The Hall–Kier alpha value is -4.34. The zero-order chi connectivity index (χ0) is 53.1. The molecule has 0 radical (unpaired) electrons. The Kier molecular flexibility index (Phi) is 23.3. The van der Waals surface area contributed by atoms with Crippen molar-refractivity contribution in [1.82, 2.24) is 0 Å². The highest BCUT2D eigenvalue weighted by atomic mass is 17.3. The van der Waals surface area contributed by atoms with Gasteiger partial charge in [0.15, 0.2) is 5.60 Å². The molecule has 3 aliphatic heterocycles. The summed E-state index contributed by atoms with van der Waals surface area (Å²) < 4.78 is 35.4. The maximum atomic E-state index is 11.5. The Balaban J connectivity index is 0.000000313. The number of rotatable bonds is 32. The topological polar surface area (TPSA) is 183 Å². The van der Waals surface area contributed by atoms with Crippen LogP contribution in [0.15, 0.2) is 54.1 Å². The third kappa shape index (κ3) is 16.6. The number of esters is 2. The van der Waals surface area contributed by atoms with E-state index in [4.69, 9.17) is 48.4 Å². The molecule has 404 valence electrons. The van der Waals surface area contributed by atoms with Crippen LogP contribution in [0.5, 0.6) is 11.5 Å². The minimum Gasteiger partial charge on any atom is -0.492 e. The van der Waals surface area contributed by atoms with Crippen molar-refractivity contribution < 1.29 is 67.6 Å². The highest BCUT2D eigenvalue weighted by Gasteiger charge is 2.82. The Bertz CT molecular complexity index is 2090. The van der Waals surface area contributed by atoms with Gasteiger partial charge in [0.05, 0.1) is 26.4 Å². The largest absolute Gasteiger partial charge is 0.492 e. The molecule has 2 aromatic carbocycles. The summed E-state index contributed by atoms with van der Waals surface area (Å²) in [7, 11) is 0. The van der Waals surface area contributed by atoms with Gasteiger partial charge in [-0.25, -0.2) is 4.89 Å². The van der Waals surface area contributed by atoms with E-state index in [1.807, 2.05) is 30.3 Å². The Labute approximate surface area is 430 Å². The predicted octanol–water partition coefficient (Wildman–Crippen LogP) is 13.2. The van der Waals surface area contributed by atoms with Crippen LogP contribution in [0.25, 0.3) is 5.76 Å². The standard InChI is InChI=1S/C29H44O8.C29H44O6/c1-22(30)35-24-16-14-15-23(19-24)28-29(37-36-28,27(4,5)21-34-28)26(2,3)20-33-18-13-11-9-7-6-8-10-12-17-25(31)32;1-22(30)35-24-16-14-15-23(19-24)26-27(29(4,5)21-34-26)28(2,3)20-33-18-13-11-9-7-6-8-10-12-17-25(31)32/h14-16,19H,6-13,17-18,20-21H2,1-5H3,(H,31,32);14-16,19H,6-13,17-18,20-21H2,1-5H3,(H,31,32). The fourth-order valence-corrected chi connectivity index (χ4v) is 10.9. The summed E-state index contributed by atoms with van der Waals surface area (Å²) >= 11 is 0. The molecule has 0 spiro atoms. The van der Waals surface area contributed by atoms with Gasteiger partial charge in [0.1, 0.15) is 17.3 Å². The molecule has 5 rings (SSSR count). The smallest absolute Gasteiger partial charge is 0.308 e. The van der Waals surface area contributed by atoms with Crippen molar-refractivity contribution in [1.29, 1.82) is 0 Å². The zero-order valence-electron chi connectivity index (χ0n) is 45.4. The molecule has 2 unspecified atom stereocenters. The molecule has 3 heterocycles. The van der Waals surface area contributed by atoms with Gasteiger partial charge < -0.3 is 38.6 Å². The summed E-state index contributed by atoms with van der Waals surface area (Å²) in [4.78, 5) is 55.7. The number of fused-ring (bicyclic) bond motifs is 1. The first-order valence-electron chi connectivity index (χ1n) is 26.6. The molecule has 0 aromatic heterocycles. The molecule has 2 saturated heterocycles. The molecule has 2 aromatic rings. The van der Waals surface area contributed by atoms with Crippen LogP contribution in [-0.2, 0) is 53.7 Å². The first-order chi connectivity index (χ1) is 34.0. The third-order valence-electron chi connectivity index (χ3n) is 14.1. The second-order valence-corrected chi connectivity index (χ2v) is 22.6. The van der Waals surface area contributed by atoms with Crippen molar-refractivity contribution in [3.05, 3.63) is 65.2 Å². The lowest BCUT2D eigenvalue weighted by atomic mass is 9.57. The van der Waals surface area contributed by atoms with E-state index >= 15 is 0 Å². The van der Waals surface area contributed by atoms with Gasteiger partial charge in [-0.2, -0.15) is 4.89 Å². The number of carboxylic acids is 2. The molecule has 3 aliphatic rings. The van der Waals surface area contributed by atoms with Crippen LogP contribution in [0, 0.1) is 21.7 Å². The maximum absolute atomic E-state index is 11.5. The first-order valence-corrected chi connectivity index (χ1v) is 26.6. The number of hydrogen-bond donors (Lipinski definition) is 2. The average molecular weight is 1010 g/mol. The van der Waals surface area contributed by atoms with Crippen molar-refractivity contribution in [2.75, 3.05) is 39.6 Å². The minimum atomic E-state index is -1.12. The second kappa shape index (κ2) is 27.8. The van der Waals surface area contributed by atoms with Crippen LogP contribution in [0.4, 0.5) is 0 Å². The lowest BCUT2D eigenvalue weighted by molar-refractivity contribution is -0.628. The summed E-state index contributed by atoms with van der Waals surface area (Å²) in [5, 5.41) is 17.3. The van der Waals surface area contributed by atoms with Crippen molar-refractivity contribution >= 4 is 29.6 Å². The molecule has 2 fully saturated rings. The minimum absolute atomic E-state index is 0.121. The van der Waals surface area contributed by atoms with Crippen molar-refractivity contribution in [2.45, 2.75) is 196 Å². The fraction of sp³-hybridized carbons (Fsp3) is 0.690. The molecule has 0 bridgehead atoms. The zero-order valence-corrected chi connectivity index (χ0v) is 45.4. The van der Waals surface area contributed by atoms with E-state index in [2.05, 4.69) is 55.4 Å². The second-order valence-electron chi connectivity index (χ2n) is 22.6. The molecule has 72 heavy (non-hydrogen) atoms. The van der Waals surface area contributed by atoms with Gasteiger partial charge in [-0.1, -0.05) is 157 Å². The summed E-state index contributed by atoms with van der Waals surface area (Å²) in [6.07, 6.45) is 17.7. The van der Waals surface area contributed by atoms with Gasteiger partial charge in [0.2, 0.25) is 0 Å². The molecule has 0 saturated carbocycles. The van der Waals surface area contributed by atoms with Gasteiger partial charge in [-0.05, 0) is 55.5 Å². The Morgan fingerprint density at radius 3 is 1.56 bits per heavy atom. The van der Waals surface area contributed by atoms with Gasteiger partial charge in [0, 0.05) is 72.7 Å². The van der Waals surface area contributed by atoms with Crippen molar-refractivity contribution in [3.63, 3.8) is 0 Å². The SMILES string of the molecule is CC(=O)Oc1cccc(C23OCC(C)(C)C2(C(C)(C)COCCCCCCCCCCC(=O)O)OO3)c1.CC(=O)Oc1cccc(C2=C(C(C)(C)COCCCCCCCCCCC(=O)O)C(C)(C)CO2)c1. The summed E-state index contributed by atoms with van der Waals surface area (Å²) in [5.74, 6) is -1.43. The lowest BCUT2D eigenvalue weighted by Crippen LogP contribution is -2.74. The summed E-state index contributed by atoms with van der Waals surface area (Å²) in [5.41, 5.74) is 0.959. The fourth-order valence-electron chi connectivity index (χ4n) is 10.9. The number of benzene rings is 2. The van der Waals surface area contributed by atoms with E-state index < -0.39 is 28.7 Å². The number of aliphatic carboxylic acids is 2. The van der Waals surface area contributed by atoms with Crippen molar-refractivity contribution in [3.8, 4) is 11.5 Å². The van der Waals surface area contributed by atoms with Crippen LogP contribution in [0.1, 0.15) is 196 Å². The number of carboxylic acid groups (broad SMARTS) is 2. The number of carbonyl (C=O) groups excluding carboxylic acids is 2.